The number of nitrogens with one attached hydrogen (secondary N) is 1. The minimum absolute atomic E-state index is 0.114. The molecule has 0 aliphatic carbocycles. The van der Waals surface area contributed by atoms with E-state index in [1.54, 1.807) is 0 Å². The Kier molecular flexibility index (Phi) is 6.44. The van der Waals surface area contributed by atoms with Gasteiger partial charge in [0, 0.05) is 13.1 Å². The van der Waals surface area contributed by atoms with E-state index in [2.05, 4.69) is 15.3 Å². The van der Waals surface area contributed by atoms with Crippen molar-refractivity contribution >= 4 is 23.0 Å². The molecule has 0 atom stereocenters. The second-order valence-electron chi connectivity index (χ2n) is 7.46. The maximum Gasteiger partial charge on any atom is 0.418 e. The molecule has 4 aromatic rings. The van der Waals surface area contributed by atoms with Crippen LogP contribution in [0.15, 0.2) is 91.3 Å². The second kappa shape index (κ2) is 9.60. The number of hydrogen-bond donors (Lipinski definition) is 2. The Labute approximate surface area is 189 Å². The molecule has 0 unspecified atom stereocenters. The molecular formula is C25H22F3N5. The number of hydrogen-bond acceptors (Lipinski definition) is 5. The maximum atomic E-state index is 13.4. The monoisotopic (exact) mass is 449 g/mol. The van der Waals surface area contributed by atoms with E-state index in [9.17, 15) is 13.2 Å². The summed E-state index contributed by atoms with van der Waals surface area (Å²) in [6.45, 7) is 1.02. The SMILES string of the molecule is Nc1c(Nc2ccccc2C(F)(F)F)ncnc1N(Cc1ccccc1)Cc1ccccc1. The number of anilines is 4. The molecule has 3 aromatic carbocycles. The molecule has 33 heavy (non-hydrogen) atoms. The van der Waals surface area contributed by atoms with Gasteiger partial charge in [-0.1, -0.05) is 72.8 Å². The Morgan fingerprint density at radius 3 is 1.88 bits per heavy atom. The number of aromatic nitrogens is 2. The highest BCUT2D eigenvalue weighted by molar-refractivity contribution is 5.79. The van der Waals surface area contributed by atoms with Crippen LogP contribution in [0, 0.1) is 0 Å². The molecule has 0 spiro atoms. The number of halogens is 3. The molecule has 5 nitrogen and oxygen atoms in total. The van der Waals surface area contributed by atoms with Crippen molar-refractivity contribution in [3.05, 3.63) is 108 Å². The largest absolute Gasteiger partial charge is 0.418 e. The summed E-state index contributed by atoms with van der Waals surface area (Å²) in [6.07, 6.45) is -3.21. The molecule has 0 radical (unpaired) electrons. The van der Waals surface area contributed by atoms with Crippen molar-refractivity contribution < 1.29 is 13.2 Å². The van der Waals surface area contributed by atoms with Gasteiger partial charge in [0.1, 0.15) is 12.0 Å². The number of para-hydroxylation sites is 1. The Hall–Kier alpha value is -4.07. The van der Waals surface area contributed by atoms with Gasteiger partial charge < -0.3 is 16.0 Å². The predicted molar refractivity (Wildman–Crippen MR) is 124 cm³/mol. The molecule has 0 fully saturated rings. The van der Waals surface area contributed by atoms with Gasteiger partial charge in [0.05, 0.1) is 11.3 Å². The van der Waals surface area contributed by atoms with Gasteiger partial charge in [0.15, 0.2) is 11.6 Å². The first-order chi connectivity index (χ1) is 15.9. The molecule has 0 saturated heterocycles. The highest BCUT2D eigenvalue weighted by atomic mass is 19.4. The Morgan fingerprint density at radius 2 is 1.30 bits per heavy atom. The summed E-state index contributed by atoms with van der Waals surface area (Å²) in [5.74, 6) is 0.549. The van der Waals surface area contributed by atoms with E-state index in [-0.39, 0.29) is 17.2 Å². The standard InChI is InChI=1S/C25H22F3N5/c26-25(27,28)20-13-7-8-14-21(20)32-23-22(29)24(31-17-30-23)33(15-18-9-3-1-4-10-18)16-19-11-5-2-6-12-19/h1-14,17H,15-16,29H2,(H,30,31,32). The minimum atomic E-state index is -4.51. The third-order valence-corrected chi connectivity index (χ3v) is 5.08. The topological polar surface area (TPSA) is 67.1 Å². The summed E-state index contributed by atoms with van der Waals surface area (Å²) in [5, 5.41) is 2.75. The van der Waals surface area contributed by atoms with Crippen molar-refractivity contribution in [1.82, 2.24) is 9.97 Å². The third-order valence-electron chi connectivity index (χ3n) is 5.08. The van der Waals surface area contributed by atoms with E-state index in [1.165, 1.54) is 24.5 Å². The van der Waals surface area contributed by atoms with Crippen LogP contribution in [-0.2, 0) is 19.3 Å². The van der Waals surface area contributed by atoms with E-state index in [1.807, 2.05) is 65.6 Å². The number of nitrogens with zero attached hydrogens (tertiary/aromatic N) is 3. The summed E-state index contributed by atoms with van der Waals surface area (Å²) in [7, 11) is 0. The number of alkyl halides is 3. The van der Waals surface area contributed by atoms with Crippen LogP contribution in [0.4, 0.5) is 36.2 Å². The molecule has 0 saturated carbocycles. The molecule has 168 valence electrons. The van der Waals surface area contributed by atoms with Gasteiger partial charge >= 0.3 is 6.18 Å². The first kappa shape index (κ1) is 22.1. The maximum absolute atomic E-state index is 13.4. The Morgan fingerprint density at radius 1 is 0.758 bits per heavy atom. The smallest absolute Gasteiger partial charge is 0.393 e. The molecule has 1 aromatic heterocycles. The molecule has 1 heterocycles. The van der Waals surface area contributed by atoms with Crippen molar-refractivity contribution in [1.29, 1.82) is 0 Å². The summed E-state index contributed by atoms with van der Waals surface area (Å²) in [6, 6.07) is 24.8. The van der Waals surface area contributed by atoms with E-state index < -0.39 is 11.7 Å². The summed E-state index contributed by atoms with van der Waals surface area (Å²) in [5.41, 5.74) is 7.72. The van der Waals surface area contributed by atoms with Crippen LogP contribution in [0.5, 0.6) is 0 Å². The summed E-state index contributed by atoms with van der Waals surface area (Å²) >= 11 is 0. The number of nitrogens with two attached hydrogens (primary N) is 1. The van der Waals surface area contributed by atoms with Crippen molar-refractivity contribution in [3.63, 3.8) is 0 Å². The zero-order valence-electron chi connectivity index (χ0n) is 17.6. The van der Waals surface area contributed by atoms with Gasteiger partial charge in [-0.25, -0.2) is 9.97 Å². The lowest BCUT2D eigenvalue weighted by Crippen LogP contribution is -2.25. The van der Waals surface area contributed by atoms with E-state index >= 15 is 0 Å². The van der Waals surface area contributed by atoms with Crippen molar-refractivity contribution in [2.24, 2.45) is 0 Å². The van der Waals surface area contributed by atoms with Crippen LogP contribution in [0.25, 0.3) is 0 Å². The van der Waals surface area contributed by atoms with Gasteiger partial charge in [-0.2, -0.15) is 13.2 Å². The van der Waals surface area contributed by atoms with E-state index in [0.717, 1.165) is 17.2 Å². The zero-order chi connectivity index (χ0) is 23.3. The predicted octanol–water partition coefficient (Wildman–Crippen LogP) is 6.03. The third kappa shape index (κ3) is 5.41. The lowest BCUT2D eigenvalue weighted by Gasteiger charge is -2.26. The molecule has 0 aliphatic rings. The number of rotatable bonds is 7. The first-order valence-corrected chi connectivity index (χ1v) is 10.3. The van der Waals surface area contributed by atoms with Gasteiger partial charge in [0.2, 0.25) is 0 Å². The summed E-state index contributed by atoms with van der Waals surface area (Å²) in [4.78, 5) is 10.5. The molecule has 0 aliphatic heterocycles. The molecule has 0 amide bonds. The van der Waals surface area contributed by atoms with Crippen LogP contribution >= 0.6 is 0 Å². The molecule has 0 bridgehead atoms. The van der Waals surface area contributed by atoms with Crippen LogP contribution in [0.1, 0.15) is 16.7 Å². The van der Waals surface area contributed by atoms with E-state index in [0.29, 0.717) is 18.9 Å². The lowest BCUT2D eigenvalue weighted by molar-refractivity contribution is -0.136. The fourth-order valence-corrected chi connectivity index (χ4v) is 3.52. The summed E-state index contributed by atoms with van der Waals surface area (Å²) < 4.78 is 40.3. The average molecular weight is 449 g/mol. The average Bonchev–Trinajstić information content (AvgIpc) is 2.81. The fraction of sp³-hybridized carbons (Fsp3) is 0.120. The lowest BCUT2D eigenvalue weighted by atomic mass is 10.1. The molecule has 3 N–H and O–H groups in total. The van der Waals surface area contributed by atoms with Gasteiger partial charge in [-0.15, -0.1) is 0 Å². The first-order valence-electron chi connectivity index (χ1n) is 10.3. The normalized spacial score (nSPS) is 11.2. The Bertz CT molecular complexity index is 1160. The van der Waals surface area contributed by atoms with Gasteiger partial charge in [-0.05, 0) is 23.3 Å². The minimum Gasteiger partial charge on any atom is -0.393 e. The second-order valence-corrected chi connectivity index (χ2v) is 7.46. The number of nitrogen functional groups attached to an aromatic ring is 1. The molecular weight excluding hydrogens is 427 g/mol. The Balaban J connectivity index is 1.69. The molecule has 8 heteroatoms. The van der Waals surface area contributed by atoms with Gasteiger partial charge in [0.25, 0.3) is 0 Å². The van der Waals surface area contributed by atoms with Crippen molar-refractivity contribution in [2.45, 2.75) is 19.3 Å². The van der Waals surface area contributed by atoms with Crippen LogP contribution in [0.3, 0.4) is 0 Å². The van der Waals surface area contributed by atoms with Crippen LogP contribution in [-0.4, -0.2) is 9.97 Å². The van der Waals surface area contributed by atoms with E-state index in [4.69, 9.17) is 5.73 Å². The van der Waals surface area contributed by atoms with Gasteiger partial charge in [-0.3, -0.25) is 0 Å². The van der Waals surface area contributed by atoms with Crippen molar-refractivity contribution in [3.8, 4) is 0 Å². The quantitative estimate of drug-likeness (QED) is 0.361. The highest BCUT2D eigenvalue weighted by Gasteiger charge is 2.33. The van der Waals surface area contributed by atoms with Crippen LogP contribution in [0.2, 0.25) is 0 Å². The zero-order valence-corrected chi connectivity index (χ0v) is 17.6. The number of benzene rings is 3. The fourth-order valence-electron chi connectivity index (χ4n) is 3.52. The van der Waals surface area contributed by atoms with Crippen molar-refractivity contribution in [2.75, 3.05) is 16.0 Å². The van der Waals surface area contributed by atoms with Crippen LogP contribution < -0.4 is 16.0 Å². The highest BCUT2D eigenvalue weighted by Crippen LogP contribution is 2.37. The molecule has 4 rings (SSSR count).